The zero-order valence-corrected chi connectivity index (χ0v) is 21.0. The lowest BCUT2D eigenvalue weighted by Crippen LogP contribution is -2.30. The van der Waals surface area contributed by atoms with Crippen molar-refractivity contribution in [3.8, 4) is 0 Å². The summed E-state index contributed by atoms with van der Waals surface area (Å²) in [5, 5.41) is 9.09. The van der Waals surface area contributed by atoms with Gasteiger partial charge in [0.15, 0.2) is 5.69 Å². The molecule has 0 fully saturated rings. The summed E-state index contributed by atoms with van der Waals surface area (Å²) < 4.78 is 0.839. The molecule has 2 amide bonds. The van der Waals surface area contributed by atoms with Crippen LogP contribution in [0, 0.1) is 20.8 Å². The lowest BCUT2D eigenvalue weighted by atomic mass is 10.1. The van der Waals surface area contributed by atoms with Gasteiger partial charge in [-0.25, -0.2) is 4.98 Å². The third kappa shape index (κ3) is 5.70. The number of anilines is 2. The van der Waals surface area contributed by atoms with Crippen molar-refractivity contribution in [3.63, 3.8) is 0 Å². The Hall–Kier alpha value is -3.39. The number of aromatic nitrogens is 2. The topological polar surface area (TPSA) is 98.9 Å². The quantitative estimate of drug-likeness (QED) is 0.321. The maximum Gasteiger partial charge on any atom is 0.276 e. The maximum absolute atomic E-state index is 13.1. The second kappa shape index (κ2) is 10.5. The third-order valence-electron chi connectivity index (χ3n) is 5.59. The van der Waals surface area contributed by atoms with Crippen LogP contribution in [-0.2, 0) is 0 Å². The van der Waals surface area contributed by atoms with Crippen molar-refractivity contribution in [2.75, 3.05) is 10.6 Å². The molecule has 3 aromatic rings. The van der Waals surface area contributed by atoms with Crippen molar-refractivity contribution in [2.24, 2.45) is 0 Å². The fourth-order valence-corrected chi connectivity index (χ4v) is 3.53. The van der Waals surface area contributed by atoms with E-state index in [0.29, 0.717) is 11.5 Å². The summed E-state index contributed by atoms with van der Waals surface area (Å²) in [6, 6.07) is 11.6. The Morgan fingerprint density at radius 3 is 2.48 bits per heavy atom. The molecule has 0 aliphatic carbocycles. The Bertz CT molecular complexity index is 1230. The normalized spacial score (nSPS) is 11.6. The molecule has 172 valence electrons. The number of carbonyl (C=O) groups is 2. The number of nitrogens with zero attached hydrogens (tertiary/aromatic N) is 1. The summed E-state index contributed by atoms with van der Waals surface area (Å²) in [4.78, 5) is 32.9. The number of carbonyl (C=O) groups excluding carboxylic acids is 2. The van der Waals surface area contributed by atoms with Gasteiger partial charge in [0.05, 0.1) is 6.33 Å². The molecule has 2 aromatic carbocycles. The molecule has 8 heteroatoms. The average molecular weight is 510 g/mol. The summed E-state index contributed by atoms with van der Waals surface area (Å²) >= 11 is 3.41. The highest BCUT2D eigenvalue weighted by Gasteiger charge is 2.22. The van der Waals surface area contributed by atoms with E-state index in [-0.39, 0.29) is 11.4 Å². The van der Waals surface area contributed by atoms with Gasteiger partial charge in [-0.1, -0.05) is 41.1 Å². The van der Waals surface area contributed by atoms with E-state index in [2.05, 4.69) is 41.8 Å². The number of benzene rings is 2. The number of imidazole rings is 1. The second-order valence-electron chi connectivity index (χ2n) is 7.87. The van der Waals surface area contributed by atoms with Crippen LogP contribution in [0.3, 0.4) is 0 Å². The van der Waals surface area contributed by atoms with Crippen molar-refractivity contribution in [2.45, 2.75) is 41.0 Å². The summed E-state index contributed by atoms with van der Waals surface area (Å²) in [5.41, 5.74) is 5.77. The van der Waals surface area contributed by atoms with Gasteiger partial charge in [-0.2, -0.15) is 0 Å². The fraction of sp³-hybridized carbons (Fsp3) is 0.240. The highest BCUT2D eigenvalue weighted by molar-refractivity contribution is 9.10. The SMILES string of the molecule is CC/C(C)=C(\NC(=O)c1[nH]cnc1C(=O)Nc1cc(Br)ccc1C)Nc1cccc(C)c1C. The van der Waals surface area contributed by atoms with E-state index in [4.69, 9.17) is 0 Å². The minimum atomic E-state index is -0.470. The van der Waals surface area contributed by atoms with Crippen LogP contribution in [0.1, 0.15) is 57.9 Å². The summed E-state index contributed by atoms with van der Waals surface area (Å²) in [6.07, 6.45) is 2.08. The molecule has 1 aromatic heterocycles. The van der Waals surface area contributed by atoms with E-state index >= 15 is 0 Å². The largest absolute Gasteiger partial charge is 0.342 e. The van der Waals surface area contributed by atoms with E-state index in [0.717, 1.165) is 38.8 Å². The van der Waals surface area contributed by atoms with E-state index in [1.165, 1.54) is 6.33 Å². The minimum absolute atomic E-state index is 0.0205. The van der Waals surface area contributed by atoms with Gasteiger partial charge in [0.1, 0.15) is 11.5 Å². The first-order chi connectivity index (χ1) is 15.7. The number of hydrogen-bond donors (Lipinski definition) is 4. The molecule has 4 N–H and O–H groups in total. The van der Waals surface area contributed by atoms with Gasteiger partial charge in [0, 0.05) is 15.8 Å². The molecule has 1 heterocycles. The van der Waals surface area contributed by atoms with Crippen LogP contribution in [0.4, 0.5) is 11.4 Å². The van der Waals surface area contributed by atoms with Crippen molar-refractivity contribution in [1.29, 1.82) is 0 Å². The molecule has 0 bridgehead atoms. The Labute approximate surface area is 202 Å². The standard InChI is InChI=1S/C25H28BrN5O2/c1-6-14(2)23(29-19-9-7-8-15(3)17(19)5)31-25(33)22-21(27-13-28-22)24(32)30-20-12-18(26)11-10-16(20)4/h7-13,29H,6H2,1-5H3,(H,27,28)(H,30,32)(H,31,33)/b23-14-. The van der Waals surface area contributed by atoms with Gasteiger partial charge < -0.3 is 20.9 Å². The predicted octanol–water partition coefficient (Wildman–Crippen LogP) is 5.83. The first kappa shape index (κ1) is 24.3. The van der Waals surface area contributed by atoms with Crippen molar-refractivity contribution in [3.05, 3.63) is 86.7 Å². The number of aromatic amines is 1. The van der Waals surface area contributed by atoms with Gasteiger partial charge in [-0.05, 0) is 74.6 Å². The Kier molecular flexibility index (Phi) is 7.71. The molecule has 0 saturated heterocycles. The Morgan fingerprint density at radius 1 is 1.00 bits per heavy atom. The zero-order chi connectivity index (χ0) is 24.1. The number of halogens is 1. The predicted molar refractivity (Wildman–Crippen MR) is 135 cm³/mol. The first-order valence-electron chi connectivity index (χ1n) is 10.7. The third-order valence-corrected chi connectivity index (χ3v) is 6.08. The van der Waals surface area contributed by atoms with Crippen molar-refractivity contribution < 1.29 is 9.59 Å². The Balaban J connectivity index is 1.83. The number of hydrogen-bond acceptors (Lipinski definition) is 4. The van der Waals surface area contributed by atoms with Gasteiger partial charge >= 0.3 is 0 Å². The number of aryl methyl sites for hydroxylation is 2. The molecule has 3 rings (SSSR count). The van der Waals surface area contributed by atoms with E-state index < -0.39 is 11.8 Å². The lowest BCUT2D eigenvalue weighted by molar-refractivity contribution is 0.0945. The van der Waals surface area contributed by atoms with Crippen molar-refractivity contribution >= 4 is 39.1 Å². The highest BCUT2D eigenvalue weighted by atomic mass is 79.9. The molecule has 0 spiro atoms. The molecule has 0 atom stereocenters. The molecule has 0 saturated carbocycles. The summed E-state index contributed by atoms with van der Waals surface area (Å²) in [6.45, 7) is 9.92. The fourth-order valence-electron chi connectivity index (χ4n) is 3.17. The molecule has 0 unspecified atom stereocenters. The van der Waals surface area contributed by atoms with Gasteiger partial charge in [-0.15, -0.1) is 0 Å². The van der Waals surface area contributed by atoms with Crippen molar-refractivity contribution in [1.82, 2.24) is 15.3 Å². The second-order valence-corrected chi connectivity index (χ2v) is 8.79. The average Bonchev–Trinajstić information content (AvgIpc) is 3.28. The highest BCUT2D eigenvalue weighted by Crippen LogP contribution is 2.23. The molecule has 0 aliphatic rings. The van der Waals surface area contributed by atoms with Crippen LogP contribution in [0.15, 0.2) is 58.6 Å². The minimum Gasteiger partial charge on any atom is -0.342 e. The van der Waals surface area contributed by atoms with Crippen LogP contribution in [0.2, 0.25) is 0 Å². The molecule has 0 radical (unpaired) electrons. The van der Waals surface area contributed by atoms with E-state index in [1.54, 1.807) is 6.07 Å². The number of amides is 2. The van der Waals surface area contributed by atoms with Crippen LogP contribution in [-0.4, -0.2) is 21.8 Å². The number of rotatable bonds is 7. The van der Waals surface area contributed by atoms with Crippen LogP contribution in [0.5, 0.6) is 0 Å². The molecular weight excluding hydrogens is 482 g/mol. The summed E-state index contributed by atoms with van der Waals surface area (Å²) in [7, 11) is 0. The smallest absolute Gasteiger partial charge is 0.276 e. The van der Waals surface area contributed by atoms with E-state index in [1.807, 2.05) is 65.0 Å². The molecule has 7 nitrogen and oxygen atoms in total. The van der Waals surface area contributed by atoms with Gasteiger partial charge in [0.25, 0.3) is 11.8 Å². The summed E-state index contributed by atoms with van der Waals surface area (Å²) in [5.74, 6) is -0.341. The molecule has 33 heavy (non-hydrogen) atoms. The number of nitrogens with one attached hydrogen (secondary N) is 4. The van der Waals surface area contributed by atoms with Crippen LogP contribution in [0.25, 0.3) is 0 Å². The van der Waals surface area contributed by atoms with Crippen LogP contribution < -0.4 is 16.0 Å². The molecular formula is C25H28BrN5O2. The van der Waals surface area contributed by atoms with Gasteiger partial charge in [-0.3, -0.25) is 9.59 Å². The van der Waals surface area contributed by atoms with E-state index in [9.17, 15) is 9.59 Å². The lowest BCUT2D eigenvalue weighted by Gasteiger charge is -2.18. The number of H-pyrrole nitrogens is 1. The van der Waals surface area contributed by atoms with Gasteiger partial charge in [0.2, 0.25) is 0 Å². The molecule has 0 aliphatic heterocycles. The first-order valence-corrected chi connectivity index (χ1v) is 11.5. The van der Waals surface area contributed by atoms with Crippen LogP contribution >= 0.6 is 15.9 Å². The monoisotopic (exact) mass is 509 g/mol. The maximum atomic E-state index is 13.1. The number of allylic oxidation sites excluding steroid dienone is 1. The zero-order valence-electron chi connectivity index (χ0n) is 19.4. The Morgan fingerprint density at radius 2 is 1.76 bits per heavy atom.